The average molecular weight is 470 g/mol. The van der Waals surface area contributed by atoms with Crippen molar-refractivity contribution in [2.75, 3.05) is 13.2 Å². The number of carbonyl (C=O) groups excluding carboxylic acids is 2. The molecule has 0 aliphatic heterocycles. The zero-order valence-corrected chi connectivity index (χ0v) is 19.3. The number of nitrogens with zero attached hydrogens (tertiary/aromatic N) is 1. The van der Waals surface area contributed by atoms with Crippen LogP contribution in [0.25, 0.3) is 0 Å². The minimum atomic E-state index is -0.186. The summed E-state index contributed by atoms with van der Waals surface area (Å²) in [6, 6.07) is 24.2. The third kappa shape index (κ3) is 7.34. The molecule has 3 aromatic rings. The van der Waals surface area contributed by atoms with Crippen LogP contribution in [-0.2, 0) is 17.8 Å². The second-order valence-electron chi connectivity index (χ2n) is 8.37. The Balaban J connectivity index is 1.21. The minimum Gasteiger partial charge on any atom is -0.489 e. The van der Waals surface area contributed by atoms with E-state index in [9.17, 15) is 14.9 Å². The zero-order chi connectivity index (χ0) is 24.5. The Morgan fingerprint density at radius 2 is 1.74 bits per heavy atom. The predicted molar refractivity (Wildman–Crippen MR) is 131 cm³/mol. The van der Waals surface area contributed by atoms with E-state index in [2.05, 4.69) is 16.7 Å². The summed E-state index contributed by atoms with van der Waals surface area (Å²) in [6.45, 7) is 0.739. The van der Waals surface area contributed by atoms with E-state index in [1.807, 2.05) is 42.5 Å². The van der Waals surface area contributed by atoms with Crippen molar-refractivity contribution in [2.45, 2.75) is 31.9 Å². The molecule has 7 heteroatoms. The number of rotatable bonds is 11. The molecule has 178 valence electrons. The van der Waals surface area contributed by atoms with E-state index in [1.165, 1.54) is 0 Å². The molecule has 0 bridgehead atoms. The first-order chi connectivity index (χ1) is 17.1. The molecule has 7 nitrogen and oxygen atoms in total. The number of amides is 2. The first-order valence-corrected chi connectivity index (χ1v) is 11.6. The lowest BCUT2D eigenvalue weighted by Crippen LogP contribution is -2.30. The van der Waals surface area contributed by atoms with Crippen LogP contribution in [0.2, 0.25) is 0 Å². The van der Waals surface area contributed by atoms with Crippen LogP contribution in [-0.4, -0.2) is 31.0 Å². The molecule has 0 heterocycles. The number of nitriles is 1. The van der Waals surface area contributed by atoms with Gasteiger partial charge in [0.05, 0.1) is 11.6 Å². The van der Waals surface area contributed by atoms with Crippen molar-refractivity contribution in [3.05, 3.63) is 95.1 Å². The number of nitrogens with one attached hydrogen (secondary N) is 2. The molecule has 0 unspecified atom stereocenters. The summed E-state index contributed by atoms with van der Waals surface area (Å²) in [6.07, 6.45) is 2.76. The fraction of sp³-hybridized carbons (Fsp3) is 0.250. The third-order valence-corrected chi connectivity index (χ3v) is 5.56. The van der Waals surface area contributed by atoms with Gasteiger partial charge in [0.2, 0.25) is 0 Å². The lowest BCUT2D eigenvalue weighted by molar-refractivity contribution is -0.123. The number of ether oxygens (including phenoxy) is 2. The highest BCUT2D eigenvalue weighted by atomic mass is 16.5. The highest BCUT2D eigenvalue weighted by molar-refractivity contribution is 5.94. The standard InChI is InChI=1S/C28H27N3O4/c29-17-22-4-1-2-5-23(22)18-34-26-7-3-6-21(16-26)28(33)30-15-14-20-8-12-25(13-9-20)35-19-27(32)31-24-10-11-24/h1-9,12-13,16,24H,10-11,14-15,18-19H2,(H,30,33)(H,31,32). The second kappa shape index (κ2) is 11.7. The van der Waals surface area contributed by atoms with Gasteiger partial charge in [0.25, 0.3) is 11.8 Å². The van der Waals surface area contributed by atoms with Gasteiger partial charge < -0.3 is 20.1 Å². The van der Waals surface area contributed by atoms with Crippen LogP contribution in [0.3, 0.4) is 0 Å². The Morgan fingerprint density at radius 3 is 2.51 bits per heavy atom. The van der Waals surface area contributed by atoms with E-state index in [1.54, 1.807) is 30.3 Å². The van der Waals surface area contributed by atoms with Crippen LogP contribution in [0.4, 0.5) is 0 Å². The van der Waals surface area contributed by atoms with E-state index < -0.39 is 0 Å². The first-order valence-electron chi connectivity index (χ1n) is 11.6. The minimum absolute atomic E-state index is 0.0134. The van der Waals surface area contributed by atoms with Crippen molar-refractivity contribution < 1.29 is 19.1 Å². The summed E-state index contributed by atoms with van der Waals surface area (Å²) >= 11 is 0. The quantitative estimate of drug-likeness (QED) is 0.445. The maximum absolute atomic E-state index is 12.6. The Hall–Kier alpha value is -4.31. The number of carbonyl (C=O) groups is 2. The van der Waals surface area contributed by atoms with Gasteiger partial charge in [-0.1, -0.05) is 36.4 Å². The molecule has 2 N–H and O–H groups in total. The van der Waals surface area contributed by atoms with Crippen LogP contribution < -0.4 is 20.1 Å². The van der Waals surface area contributed by atoms with E-state index >= 15 is 0 Å². The lowest BCUT2D eigenvalue weighted by Gasteiger charge is -2.10. The van der Waals surface area contributed by atoms with Gasteiger partial charge in [0.15, 0.2) is 6.61 Å². The predicted octanol–water partition coefficient (Wildman–Crippen LogP) is 3.77. The van der Waals surface area contributed by atoms with Gasteiger partial charge >= 0.3 is 0 Å². The molecule has 1 aliphatic rings. The van der Waals surface area contributed by atoms with Gasteiger partial charge in [-0.2, -0.15) is 5.26 Å². The largest absolute Gasteiger partial charge is 0.489 e. The molecule has 35 heavy (non-hydrogen) atoms. The van der Waals surface area contributed by atoms with Gasteiger partial charge in [-0.05, 0) is 61.2 Å². The highest BCUT2D eigenvalue weighted by Crippen LogP contribution is 2.19. The fourth-order valence-electron chi connectivity index (χ4n) is 3.46. The number of hydrogen-bond acceptors (Lipinski definition) is 5. The molecule has 0 aromatic heterocycles. The average Bonchev–Trinajstić information content (AvgIpc) is 3.71. The Bertz CT molecular complexity index is 1210. The number of hydrogen-bond donors (Lipinski definition) is 2. The molecular formula is C28H27N3O4. The summed E-state index contributed by atoms with van der Waals surface area (Å²) in [5, 5.41) is 15.0. The van der Waals surface area contributed by atoms with Crippen LogP contribution in [0.15, 0.2) is 72.8 Å². The Labute approximate surface area is 204 Å². The molecule has 1 saturated carbocycles. The molecular weight excluding hydrogens is 442 g/mol. The van der Waals surface area contributed by atoms with Crippen LogP contribution in [0, 0.1) is 11.3 Å². The van der Waals surface area contributed by atoms with Crippen LogP contribution in [0.5, 0.6) is 11.5 Å². The van der Waals surface area contributed by atoms with E-state index in [0.29, 0.717) is 41.6 Å². The van der Waals surface area contributed by atoms with Gasteiger partial charge in [-0.3, -0.25) is 9.59 Å². The SMILES string of the molecule is N#Cc1ccccc1COc1cccc(C(=O)NCCc2ccc(OCC(=O)NC3CC3)cc2)c1. The molecule has 4 rings (SSSR count). The third-order valence-electron chi connectivity index (χ3n) is 5.56. The van der Waals surface area contributed by atoms with Crippen molar-refractivity contribution in [3.8, 4) is 17.6 Å². The maximum atomic E-state index is 12.6. The van der Waals surface area contributed by atoms with Gasteiger partial charge in [0, 0.05) is 23.7 Å². The first kappa shape index (κ1) is 23.8. The van der Waals surface area contributed by atoms with Crippen molar-refractivity contribution in [3.63, 3.8) is 0 Å². The normalized spacial score (nSPS) is 12.3. The summed E-state index contributed by atoms with van der Waals surface area (Å²) < 4.78 is 11.3. The van der Waals surface area contributed by atoms with Crippen molar-refractivity contribution in [2.24, 2.45) is 0 Å². The van der Waals surface area contributed by atoms with Gasteiger partial charge in [-0.25, -0.2) is 0 Å². The molecule has 0 spiro atoms. The Kier molecular flexibility index (Phi) is 7.97. The van der Waals surface area contributed by atoms with Gasteiger partial charge in [-0.15, -0.1) is 0 Å². The second-order valence-corrected chi connectivity index (χ2v) is 8.37. The van der Waals surface area contributed by atoms with E-state index in [0.717, 1.165) is 24.0 Å². The highest BCUT2D eigenvalue weighted by Gasteiger charge is 2.23. The summed E-state index contributed by atoms with van der Waals surface area (Å²) in [5.41, 5.74) is 2.92. The molecule has 3 aromatic carbocycles. The van der Waals surface area contributed by atoms with Crippen molar-refractivity contribution in [1.82, 2.24) is 10.6 Å². The molecule has 1 aliphatic carbocycles. The van der Waals surface area contributed by atoms with Crippen molar-refractivity contribution in [1.29, 1.82) is 5.26 Å². The zero-order valence-electron chi connectivity index (χ0n) is 19.3. The maximum Gasteiger partial charge on any atom is 0.258 e. The summed E-state index contributed by atoms with van der Waals surface area (Å²) in [7, 11) is 0. The van der Waals surface area contributed by atoms with E-state index in [4.69, 9.17) is 9.47 Å². The fourth-order valence-corrected chi connectivity index (χ4v) is 3.46. The topological polar surface area (TPSA) is 100 Å². The summed E-state index contributed by atoms with van der Waals surface area (Å²) in [5.74, 6) is 0.917. The van der Waals surface area contributed by atoms with Crippen molar-refractivity contribution >= 4 is 11.8 Å². The van der Waals surface area contributed by atoms with Crippen LogP contribution in [0.1, 0.15) is 39.9 Å². The molecule has 0 saturated heterocycles. The van der Waals surface area contributed by atoms with Gasteiger partial charge in [0.1, 0.15) is 18.1 Å². The molecule has 1 fully saturated rings. The molecule has 0 radical (unpaired) electrons. The smallest absolute Gasteiger partial charge is 0.258 e. The monoisotopic (exact) mass is 469 g/mol. The summed E-state index contributed by atoms with van der Waals surface area (Å²) in [4.78, 5) is 24.3. The molecule has 2 amide bonds. The number of benzene rings is 3. The Morgan fingerprint density at radius 1 is 0.943 bits per heavy atom. The van der Waals surface area contributed by atoms with Crippen LogP contribution >= 0.6 is 0 Å². The van der Waals surface area contributed by atoms with E-state index in [-0.39, 0.29) is 25.0 Å². The lowest BCUT2D eigenvalue weighted by atomic mass is 10.1. The molecule has 0 atom stereocenters.